The van der Waals surface area contributed by atoms with Gasteiger partial charge in [0.05, 0.1) is 13.2 Å². The Bertz CT molecular complexity index is 556. The van der Waals surface area contributed by atoms with Crippen molar-refractivity contribution in [3.63, 3.8) is 0 Å². The van der Waals surface area contributed by atoms with Crippen molar-refractivity contribution in [3.8, 4) is 0 Å². The molecule has 0 amide bonds. The number of carbonyl (C=O) groups is 2. The second kappa shape index (κ2) is 33.7. The fraction of sp³-hybridized carbons (Fsp3) is 0.946. The summed E-state index contributed by atoms with van der Waals surface area (Å²) >= 11 is 0. The molecule has 0 aromatic heterocycles. The van der Waals surface area contributed by atoms with Crippen LogP contribution in [0.3, 0.4) is 0 Å². The highest BCUT2D eigenvalue weighted by Crippen LogP contribution is 2.20. The molecule has 0 aromatic carbocycles. The fourth-order valence-corrected chi connectivity index (χ4v) is 5.03. The lowest BCUT2D eigenvalue weighted by Gasteiger charge is -2.19. The van der Waals surface area contributed by atoms with Gasteiger partial charge in [0, 0.05) is 18.8 Å². The number of unbranched alkanes of at least 4 members (excludes halogenated alkanes) is 14. The molecule has 0 heterocycles. The first-order valence-corrected chi connectivity index (χ1v) is 18.4. The molecule has 0 fully saturated rings. The summed E-state index contributed by atoms with van der Waals surface area (Å²) in [5.74, 6) is 0.911. The lowest BCUT2D eigenvalue weighted by molar-refractivity contribution is -0.144. The van der Waals surface area contributed by atoms with Crippen molar-refractivity contribution >= 4 is 11.9 Å². The zero-order valence-electron chi connectivity index (χ0n) is 29.5. The van der Waals surface area contributed by atoms with Crippen LogP contribution in [-0.4, -0.2) is 41.7 Å². The van der Waals surface area contributed by atoms with Gasteiger partial charge in [-0.3, -0.25) is 9.59 Å². The molecule has 0 aliphatic rings. The van der Waals surface area contributed by atoms with Gasteiger partial charge >= 0.3 is 11.9 Å². The molecule has 0 rings (SSSR count). The molecular weight excluding hydrogens is 540 g/mol. The van der Waals surface area contributed by atoms with Gasteiger partial charge in [-0.05, 0) is 50.4 Å². The summed E-state index contributed by atoms with van der Waals surface area (Å²) < 4.78 is 10.7. The minimum absolute atomic E-state index is 0.0601. The lowest BCUT2D eigenvalue weighted by atomic mass is 9.92. The summed E-state index contributed by atoms with van der Waals surface area (Å²) in [5, 5.41) is 17.8. The summed E-state index contributed by atoms with van der Waals surface area (Å²) in [6.45, 7) is 13.8. The predicted molar refractivity (Wildman–Crippen MR) is 181 cm³/mol. The smallest absolute Gasteiger partial charge is 0.305 e. The highest BCUT2D eigenvalue weighted by atomic mass is 16.5. The van der Waals surface area contributed by atoms with Gasteiger partial charge in [-0.15, -0.1) is 0 Å². The topological polar surface area (TPSA) is 93.1 Å². The van der Waals surface area contributed by atoms with Crippen molar-refractivity contribution in [2.24, 2.45) is 17.8 Å². The lowest BCUT2D eigenvalue weighted by Crippen LogP contribution is -2.20. The molecule has 43 heavy (non-hydrogen) atoms. The van der Waals surface area contributed by atoms with Gasteiger partial charge in [0.15, 0.2) is 6.29 Å². The van der Waals surface area contributed by atoms with E-state index in [9.17, 15) is 9.59 Å². The quantitative estimate of drug-likeness (QED) is 0.0495. The van der Waals surface area contributed by atoms with E-state index >= 15 is 0 Å². The van der Waals surface area contributed by atoms with Gasteiger partial charge < -0.3 is 19.7 Å². The van der Waals surface area contributed by atoms with Crippen LogP contribution in [0.1, 0.15) is 189 Å². The number of hydrogen-bond acceptors (Lipinski definition) is 6. The van der Waals surface area contributed by atoms with Crippen LogP contribution in [0.2, 0.25) is 0 Å². The Morgan fingerprint density at radius 3 is 1.23 bits per heavy atom. The van der Waals surface area contributed by atoms with Crippen molar-refractivity contribution in [3.05, 3.63) is 0 Å². The first kappa shape index (κ1) is 44.0. The second-order valence-electron chi connectivity index (χ2n) is 12.9. The first-order chi connectivity index (χ1) is 20.7. The minimum Gasteiger partial charge on any atom is -0.466 e. The van der Waals surface area contributed by atoms with E-state index in [4.69, 9.17) is 19.7 Å². The monoisotopic (exact) mass is 615 g/mol. The summed E-state index contributed by atoms with van der Waals surface area (Å²) in [7, 11) is 0. The zero-order chi connectivity index (χ0) is 32.6. The Labute approximate surface area is 267 Å². The average Bonchev–Trinajstić information content (AvgIpc) is 2.98. The van der Waals surface area contributed by atoms with E-state index in [1.807, 2.05) is 6.92 Å². The number of rotatable bonds is 29. The zero-order valence-corrected chi connectivity index (χ0v) is 29.5. The van der Waals surface area contributed by atoms with Gasteiger partial charge in [-0.1, -0.05) is 138 Å². The van der Waals surface area contributed by atoms with Gasteiger partial charge in [0.1, 0.15) is 0 Å². The van der Waals surface area contributed by atoms with Crippen molar-refractivity contribution in [2.45, 2.75) is 196 Å². The van der Waals surface area contributed by atoms with Crippen LogP contribution in [0.5, 0.6) is 0 Å². The molecule has 2 N–H and O–H groups in total. The maximum atomic E-state index is 11.8. The van der Waals surface area contributed by atoms with E-state index in [-0.39, 0.29) is 17.9 Å². The molecule has 2 atom stereocenters. The SMILES string of the molecule is CCC(C)CC(CC)C(O)O.CCCCCCCCCCC(=O)OCCC(C)CCOC(=O)CCCCCCCCCC. The molecule has 6 heteroatoms. The molecule has 0 saturated carbocycles. The molecule has 0 aliphatic heterocycles. The number of carbonyl (C=O) groups excluding carboxylic acids is 2. The number of aliphatic hydroxyl groups excluding tert-OH is 1. The third kappa shape index (κ3) is 33.6. The Hall–Kier alpha value is -1.14. The number of esters is 2. The first-order valence-electron chi connectivity index (χ1n) is 18.4. The van der Waals surface area contributed by atoms with Crippen LogP contribution < -0.4 is 0 Å². The molecule has 0 bridgehead atoms. The van der Waals surface area contributed by atoms with Gasteiger partial charge in [-0.2, -0.15) is 0 Å². The molecule has 0 radical (unpaired) electrons. The van der Waals surface area contributed by atoms with Crippen molar-refractivity contribution in [2.75, 3.05) is 13.2 Å². The van der Waals surface area contributed by atoms with Crippen LogP contribution in [0.4, 0.5) is 0 Å². The van der Waals surface area contributed by atoms with Gasteiger partial charge in [0.2, 0.25) is 0 Å². The van der Waals surface area contributed by atoms with Crippen LogP contribution in [0.15, 0.2) is 0 Å². The largest absolute Gasteiger partial charge is 0.466 e. The van der Waals surface area contributed by atoms with Gasteiger partial charge in [-0.25, -0.2) is 0 Å². The van der Waals surface area contributed by atoms with Crippen LogP contribution in [-0.2, 0) is 19.1 Å². The number of ether oxygens (including phenoxy) is 2. The average molecular weight is 615 g/mol. The third-order valence-corrected chi connectivity index (χ3v) is 8.56. The summed E-state index contributed by atoms with van der Waals surface area (Å²) in [6.07, 6.45) is 24.3. The Morgan fingerprint density at radius 2 is 0.907 bits per heavy atom. The second-order valence-corrected chi connectivity index (χ2v) is 12.9. The van der Waals surface area contributed by atoms with E-state index in [2.05, 4.69) is 34.6 Å². The van der Waals surface area contributed by atoms with Crippen molar-refractivity contribution < 1.29 is 29.3 Å². The molecule has 2 unspecified atom stereocenters. The fourth-order valence-electron chi connectivity index (χ4n) is 5.03. The maximum Gasteiger partial charge on any atom is 0.305 e. The molecular formula is C37H74O6. The van der Waals surface area contributed by atoms with Crippen molar-refractivity contribution in [1.29, 1.82) is 0 Å². The van der Waals surface area contributed by atoms with Crippen LogP contribution in [0, 0.1) is 17.8 Å². The molecule has 0 aliphatic carbocycles. The standard InChI is InChI=1S/C28H54O4.C9H20O2/c1-4-6-8-10-12-14-16-18-20-27(29)31-24-22-26(3)23-25-32-28(30)21-19-17-15-13-11-9-7-5-2;1-4-7(3)6-8(5-2)9(10)11/h26H,4-25H2,1-3H3;7-11H,4-6H2,1-3H3. The summed E-state index contributed by atoms with van der Waals surface area (Å²) in [5.41, 5.74) is 0. The number of hydrogen-bond donors (Lipinski definition) is 2. The van der Waals surface area contributed by atoms with E-state index in [0.717, 1.165) is 57.8 Å². The summed E-state index contributed by atoms with van der Waals surface area (Å²) in [6, 6.07) is 0. The molecule has 258 valence electrons. The highest BCUT2D eigenvalue weighted by Gasteiger charge is 2.16. The predicted octanol–water partition coefficient (Wildman–Crippen LogP) is 10.3. The van der Waals surface area contributed by atoms with E-state index in [1.165, 1.54) is 77.0 Å². The molecule has 0 saturated heterocycles. The van der Waals surface area contributed by atoms with Crippen LogP contribution in [0.25, 0.3) is 0 Å². The molecule has 0 spiro atoms. The normalized spacial score (nSPS) is 12.6. The van der Waals surface area contributed by atoms with Gasteiger partial charge in [0.25, 0.3) is 0 Å². The van der Waals surface area contributed by atoms with E-state index < -0.39 is 6.29 Å². The molecule has 0 aromatic rings. The van der Waals surface area contributed by atoms with Crippen LogP contribution >= 0.6 is 0 Å². The summed E-state index contributed by atoms with van der Waals surface area (Å²) in [4.78, 5) is 23.6. The maximum absolute atomic E-state index is 11.8. The van der Waals surface area contributed by atoms with E-state index in [1.54, 1.807) is 0 Å². The number of aliphatic hydroxyl groups is 2. The van der Waals surface area contributed by atoms with E-state index in [0.29, 0.717) is 37.9 Å². The Kier molecular flexibility index (Phi) is 34.5. The minimum atomic E-state index is -1.13. The molecule has 6 nitrogen and oxygen atoms in total. The Balaban J connectivity index is 0. The van der Waals surface area contributed by atoms with Crippen molar-refractivity contribution in [1.82, 2.24) is 0 Å². The third-order valence-electron chi connectivity index (χ3n) is 8.56. The Morgan fingerprint density at radius 1 is 0.535 bits per heavy atom. The highest BCUT2D eigenvalue weighted by molar-refractivity contribution is 5.69.